The van der Waals surface area contributed by atoms with Gasteiger partial charge in [0.25, 0.3) is 0 Å². The molecule has 0 aliphatic heterocycles. The molecule has 29 heavy (non-hydrogen) atoms. The zero-order valence-corrected chi connectivity index (χ0v) is 18.3. The summed E-state index contributed by atoms with van der Waals surface area (Å²) >= 11 is 0. The number of hydrogen-bond donors (Lipinski definition) is 3. The molecule has 0 saturated heterocycles. The Morgan fingerprint density at radius 2 is 1.72 bits per heavy atom. The molecule has 3 N–H and O–H groups in total. The van der Waals surface area contributed by atoms with Gasteiger partial charge in [-0.15, -0.1) is 24.0 Å². The number of rotatable bonds is 8. The molecule has 0 aromatic heterocycles. The standard InChI is InChI=1S/C20H24F3N3O2.HI/c1-2-24-19(25-12-15-6-4-3-5-7-15)26-13-17(27)14-28-18-10-8-16(9-11-18)20(21,22)23;/h3-11,17,27H,2,12-14H2,1H3,(H2,24,25,26);1H. The van der Waals surface area contributed by atoms with Gasteiger partial charge >= 0.3 is 6.18 Å². The topological polar surface area (TPSA) is 65.9 Å². The summed E-state index contributed by atoms with van der Waals surface area (Å²) in [6, 6.07) is 14.1. The molecule has 2 rings (SSSR count). The number of benzene rings is 2. The quantitative estimate of drug-likeness (QED) is 0.280. The number of alkyl halides is 3. The second-order valence-corrected chi connectivity index (χ2v) is 6.05. The fourth-order valence-corrected chi connectivity index (χ4v) is 2.30. The van der Waals surface area contributed by atoms with Crippen LogP contribution in [0.1, 0.15) is 18.1 Å². The Morgan fingerprint density at radius 3 is 2.31 bits per heavy atom. The molecule has 2 aromatic carbocycles. The van der Waals surface area contributed by atoms with Crippen LogP contribution in [0.3, 0.4) is 0 Å². The maximum Gasteiger partial charge on any atom is 0.416 e. The van der Waals surface area contributed by atoms with Crippen LogP contribution >= 0.6 is 24.0 Å². The van der Waals surface area contributed by atoms with Crippen LogP contribution in [0.2, 0.25) is 0 Å². The third-order valence-corrected chi connectivity index (χ3v) is 3.74. The molecular formula is C20H25F3IN3O2. The average molecular weight is 523 g/mol. The highest BCUT2D eigenvalue weighted by molar-refractivity contribution is 14.0. The number of aliphatic imine (C=N–C) groups is 1. The molecule has 0 radical (unpaired) electrons. The van der Waals surface area contributed by atoms with Gasteiger partial charge in [-0.05, 0) is 36.8 Å². The number of guanidine groups is 1. The summed E-state index contributed by atoms with van der Waals surface area (Å²) in [6.07, 6.45) is -5.24. The third-order valence-electron chi connectivity index (χ3n) is 3.74. The minimum absolute atomic E-state index is 0. The number of nitrogens with one attached hydrogen (secondary N) is 2. The first-order chi connectivity index (χ1) is 13.4. The Morgan fingerprint density at radius 1 is 1.07 bits per heavy atom. The minimum atomic E-state index is -4.39. The molecule has 0 aliphatic carbocycles. The Balaban J connectivity index is 0.00000420. The third kappa shape index (κ3) is 9.35. The van der Waals surface area contributed by atoms with Crippen LogP contribution in [-0.2, 0) is 12.7 Å². The number of ether oxygens (including phenoxy) is 1. The summed E-state index contributed by atoms with van der Waals surface area (Å²) in [5.74, 6) is 0.816. The highest BCUT2D eigenvalue weighted by atomic mass is 127. The SMILES string of the molecule is CCNC(=NCc1ccccc1)NCC(O)COc1ccc(C(F)(F)F)cc1.I. The zero-order chi connectivity index (χ0) is 20.4. The zero-order valence-electron chi connectivity index (χ0n) is 15.9. The van der Waals surface area contributed by atoms with E-state index in [0.717, 1.165) is 17.7 Å². The van der Waals surface area contributed by atoms with Gasteiger partial charge in [-0.3, -0.25) is 0 Å². The molecule has 160 valence electrons. The van der Waals surface area contributed by atoms with E-state index < -0.39 is 17.8 Å². The lowest BCUT2D eigenvalue weighted by atomic mass is 10.2. The van der Waals surface area contributed by atoms with E-state index in [0.29, 0.717) is 19.0 Å². The van der Waals surface area contributed by atoms with E-state index in [2.05, 4.69) is 15.6 Å². The molecule has 0 saturated carbocycles. The first kappa shape index (κ1) is 25.0. The molecule has 2 aromatic rings. The van der Waals surface area contributed by atoms with E-state index in [-0.39, 0.29) is 42.9 Å². The molecule has 0 spiro atoms. The van der Waals surface area contributed by atoms with Gasteiger partial charge in [-0.25, -0.2) is 4.99 Å². The van der Waals surface area contributed by atoms with Crippen molar-refractivity contribution in [1.29, 1.82) is 0 Å². The summed E-state index contributed by atoms with van der Waals surface area (Å²) in [6.45, 7) is 3.22. The molecule has 9 heteroatoms. The number of aliphatic hydroxyl groups is 1. The van der Waals surface area contributed by atoms with Crippen molar-refractivity contribution in [2.45, 2.75) is 25.7 Å². The normalized spacial score (nSPS) is 12.7. The number of nitrogens with zero attached hydrogens (tertiary/aromatic N) is 1. The van der Waals surface area contributed by atoms with Crippen LogP contribution in [0, 0.1) is 0 Å². The number of hydrogen-bond acceptors (Lipinski definition) is 3. The van der Waals surface area contributed by atoms with Gasteiger partial charge in [0.2, 0.25) is 0 Å². The van der Waals surface area contributed by atoms with E-state index in [4.69, 9.17) is 4.74 Å². The number of halogens is 4. The van der Waals surface area contributed by atoms with Gasteiger partial charge < -0.3 is 20.5 Å². The van der Waals surface area contributed by atoms with Crippen molar-refractivity contribution in [2.24, 2.45) is 4.99 Å². The summed E-state index contributed by atoms with van der Waals surface area (Å²) in [5.41, 5.74) is 0.317. The van der Waals surface area contributed by atoms with Crippen molar-refractivity contribution in [2.75, 3.05) is 19.7 Å². The van der Waals surface area contributed by atoms with Crippen LogP contribution in [0.4, 0.5) is 13.2 Å². The van der Waals surface area contributed by atoms with Gasteiger partial charge in [0.05, 0.1) is 12.1 Å². The van der Waals surface area contributed by atoms with Gasteiger partial charge in [-0.2, -0.15) is 13.2 Å². The van der Waals surface area contributed by atoms with Crippen LogP contribution in [0.15, 0.2) is 59.6 Å². The average Bonchev–Trinajstić information content (AvgIpc) is 2.69. The predicted octanol–water partition coefficient (Wildman–Crippen LogP) is 3.82. The largest absolute Gasteiger partial charge is 0.491 e. The van der Waals surface area contributed by atoms with Crippen molar-refractivity contribution >= 4 is 29.9 Å². The van der Waals surface area contributed by atoms with Crippen LogP contribution in [-0.4, -0.2) is 36.9 Å². The van der Waals surface area contributed by atoms with Crippen LogP contribution in [0.25, 0.3) is 0 Å². The maximum atomic E-state index is 12.5. The first-order valence-corrected chi connectivity index (χ1v) is 8.92. The van der Waals surface area contributed by atoms with E-state index >= 15 is 0 Å². The second kappa shape index (κ2) is 12.5. The summed E-state index contributed by atoms with van der Waals surface area (Å²) in [4.78, 5) is 4.44. The van der Waals surface area contributed by atoms with Crippen LogP contribution < -0.4 is 15.4 Å². The van der Waals surface area contributed by atoms with Crippen molar-refractivity contribution in [3.05, 3.63) is 65.7 Å². The lowest BCUT2D eigenvalue weighted by Gasteiger charge is -2.16. The van der Waals surface area contributed by atoms with Crippen molar-refractivity contribution in [3.63, 3.8) is 0 Å². The smallest absolute Gasteiger partial charge is 0.416 e. The van der Waals surface area contributed by atoms with Crippen molar-refractivity contribution < 1.29 is 23.0 Å². The second-order valence-electron chi connectivity index (χ2n) is 6.05. The monoisotopic (exact) mass is 523 g/mol. The fraction of sp³-hybridized carbons (Fsp3) is 0.350. The van der Waals surface area contributed by atoms with E-state index in [1.54, 1.807) is 0 Å². The van der Waals surface area contributed by atoms with Gasteiger partial charge in [0.15, 0.2) is 5.96 Å². The molecule has 0 amide bonds. The molecule has 0 bridgehead atoms. The lowest BCUT2D eigenvalue weighted by molar-refractivity contribution is -0.137. The Kier molecular flexibility index (Phi) is 10.8. The maximum absolute atomic E-state index is 12.5. The Labute approximate surface area is 185 Å². The van der Waals surface area contributed by atoms with Crippen molar-refractivity contribution in [1.82, 2.24) is 10.6 Å². The molecule has 1 unspecified atom stereocenters. The van der Waals surface area contributed by atoms with Gasteiger partial charge in [0, 0.05) is 13.1 Å². The molecule has 0 fully saturated rings. The molecule has 0 aliphatic rings. The molecular weight excluding hydrogens is 498 g/mol. The highest BCUT2D eigenvalue weighted by Crippen LogP contribution is 2.30. The Hall–Kier alpha value is -2.01. The first-order valence-electron chi connectivity index (χ1n) is 8.92. The minimum Gasteiger partial charge on any atom is -0.491 e. The molecule has 0 heterocycles. The van der Waals surface area contributed by atoms with Gasteiger partial charge in [-0.1, -0.05) is 30.3 Å². The van der Waals surface area contributed by atoms with E-state index in [1.807, 2.05) is 37.3 Å². The fourth-order valence-electron chi connectivity index (χ4n) is 2.30. The lowest BCUT2D eigenvalue weighted by Crippen LogP contribution is -2.42. The van der Waals surface area contributed by atoms with E-state index in [9.17, 15) is 18.3 Å². The summed E-state index contributed by atoms with van der Waals surface area (Å²) in [7, 11) is 0. The summed E-state index contributed by atoms with van der Waals surface area (Å²) in [5, 5.41) is 16.1. The number of aliphatic hydroxyl groups excluding tert-OH is 1. The molecule has 5 nitrogen and oxygen atoms in total. The van der Waals surface area contributed by atoms with Gasteiger partial charge in [0.1, 0.15) is 18.5 Å². The highest BCUT2D eigenvalue weighted by Gasteiger charge is 2.30. The van der Waals surface area contributed by atoms with Crippen LogP contribution in [0.5, 0.6) is 5.75 Å². The Bertz CT molecular complexity index is 741. The predicted molar refractivity (Wildman–Crippen MR) is 118 cm³/mol. The van der Waals surface area contributed by atoms with Crippen molar-refractivity contribution in [3.8, 4) is 5.75 Å². The van der Waals surface area contributed by atoms with E-state index in [1.165, 1.54) is 12.1 Å². The summed E-state index contributed by atoms with van der Waals surface area (Å²) < 4.78 is 43.0. The molecule has 1 atom stereocenters.